The van der Waals surface area contributed by atoms with Gasteiger partial charge in [0.1, 0.15) is 11.6 Å². The van der Waals surface area contributed by atoms with E-state index in [-0.39, 0.29) is 17.5 Å². The van der Waals surface area contributed by atoms with Gasteiger partial charge in [0, 0.05) is 37.0 Å². The van der Waals surface area contributed by atoms with Gasteiger partial charge in [-0.1, -0.05) is 30.3 Å². The number of hydrogen-bond donors (Lipinski definition) is 1. The molecule has 1 aliphatic heterocycles. The summed E-state index contributed by atoms with van der Waals surface area (Å²) in [5, 5.41) is 2.85. The average Bonchev–Trinajstić information content (AvgIpc) is 3.29. The fraction of sp³-hybridized carbons (Fsp3) is 0.261. The van der Waals surface area contributed by atoms with Gasteiger partial charge in [-0.25, -0.2) is 4.98 Å². The lowest BCUT2D eigenvalue weighted by atomic mass is 10.1. The third-order valence-corrected chi connectivity index (χ3v) is 5.00. The zero-order chi connectivity index (χ0) is 20.9. The number of nitrogens with zero attached hydrogens (tertiary/aromatic N) is 2. The van der Waals surface area contributed by atoms with Gasteiger partial charge < -0.3 is 19.4 Å². The Balaban J connectivity index is 1.34. The first-order valence-electron chi connectivity index (χ1n) is 9.87. The normalized spacial score (nSPS) is 13.8. The van der Waals surface area contributed by atoms with Crippen molar-refractivity contribution < 1.29 is 18.7 Å². The standard InChI is InChI=1S/C23H23N3O4/c1-16(27)18-3-5-19(6-4-18)20-7-8-21(30-20)23(28)25-15-17-2-9-22(24-14-17)26-10-12-29-13-11-26/h2-9,14H,10-13,15H2,1H3,(H,25,28). The molecule has 2 aromatic heterocycles. The van der Waals surface area contributed by atoms with Gasteiger partial charge >= 0.3 is 0 Å². The van der Waals surface area contributed by atoms with Crippen LogP contribution in [0.5, 0.6) is 0 Å². The van der Waals surface area contributed by atoms with Crippen molar-refractivity contribution in [1.82, 2.24) is 10.3 Å². The summed E-state index contributed by atoms with van der Waals surface area (Å²) >= 11 is 0. The molecule has 154 valence electrons. The molecule has 0 saturated carbocycles. The second-order valence-corrected chi connectivity index (χ2v) is 7.10. The third-order valence-electron chi connectivity index (χ3n) is 5.00. The highest BCUT2D eigenvalue weighted by atomic mass is 16.5. The summed E-state index contributed by atoms with van der Waals surface area (Å²) in [6, 6.07) is 14.4. The molecule has 4 rings (SSSR count). The first kappa shape index (κ1) is 19.8. The molecule has 1 saturated heterocycles. The number of Topliss-reactive ketones (excluding diaryl/α,β-unsaturated/α-hetero) is 1. The first-order chi connectivity index (χ1) is 14.6. The number of hydrogen-bond acceptors (Lipinski definition) is 6. The van der Waals surface area contributed by atoms with Crippen LogP contribution in [-0.4, -0.2) is 43.0 Å². The predicted octanol–water partition coefficient (Wildman–Crippen LogP) is 3.31. The maximum Gasteiger partial charge on any atom is 0.287 e. The van der Waals surface area contributed by atoms with Crippen molar-refractivity contribution in [3.05, 3.63) is 71.6 Å². The number of benzene rings is 1. The van der Waals surface area contributed by atoms with E-state index in [9.17, 15) is 9.59 Å². The van der Waals surface area contributed by atoms with Crippen LogP contribution < -0.4 is 10.2 Å². The third kappa shape index (κ3) is 4.58. The molecule has 0 radical (unpaired) electrons. The molecule has 1 N–H and O–H groups in total. The van der Waals surface area contributed by atoms with Crippen LogP contribution in [0.2, 0.25) is 0 Å². The van der Waals surface area contributed by atoms with Crippen LogP contribution in [0, 0.1) is 0 Å². The highest BCUT2D eigenvalue weighted by Gasteiger charge is 2.14. The Labute approximate surface area is 174 Å². The van der Waals surface area contributed by atoms with E-state index in [2.05, 4.69) is 15.2 Å². The second kappa shape index (κ2) is 8.92. The van der Waals surface area contributed by atoms with Crippen molar-refractivity contribution in [1.29, 1.82) is 0 Å². The van der Waals surface area contributed by atoms with Gasteiger partial charge in [0.05, 0.1) is 13.2 Å². The van der Waals surface area contributed by atoms with Gasteiger partial charge in [-0.2, -0.15) is 0 Å². The van der Waals surface area contributed by atoms with Gasteiger partial charge in [0.2, 0.25) is 0 Å². The topological polar surface area (TPSA) is 84.7 Å². The smallest absolute Gasteiger partial charge is 0.287 e. The van der Waals surface area contributed by atoms with E-state index in [1.165, 1.54) is 6.92 Å². The lowest BCUT2D eigenvalue weighted by Gasteiger charge is -2.27. The Morgan fingerprint density at radius 3 is 2.47 bits per heavy atom. The zero-order valence-electron chi connectivity index (χ0n) is 16.8. The molecule has 0 spiro atoms. The van der Waals surface area contributed by atoms with Crippen molar-refractivity contribution in [3.63, 3.8) is 0 Å². The van der Waals surface area contributed by atoms with Crippen LogP contribution in [0.15, 0.2) is 59.1 Å². The minimum absolute atomic E-state index is 0.00790. The summed E-state index contributed by atoms with van der Waals surface area (Å²) in [6.07, 6.45) is 1.77. The van der Waals surface area contributed by atoms with Gasteiger partial charge in [0.25, 0.3) is 5.91 Å². The summed E-state index contributed by atoms with van der Waals surface area (Å²) in [4.78, 5) is 30.5. The predicted molar refractivity (Wildman–Crippen MR) is 113 cm³/mol. The number of furan rings is 1. The number of ketones is 1. The van der Waals surface area contributed by atoms with E-state index in [4.69, 9.17) is 9.15 Å². The zero-order valence-corrected chi connectivity index (χ0v) is 16.8. The average molecular weight is 405 g/mol. The van der Waals surface area contributed by atoms with Crippen LogP contribution in [0.25, 0.3) is 11.3 Å². The maximum absolute atomic E-state index is 12.4. The van der Waals surface area contributed by atoms with Crippen LogP contribution in [0.3, 0.4) is 0 Å². The van der Waals surface area contributed by atoms with Crippen molar-refractivity contribution in [2.24, 2.45) is 0 Å². The Morgan fingerprint density at radius 1 is 1.03 bits per heavy atom. The largest absolute Gasteiger partial charge is 0.451 e. The number of anilines is 1. The summed E-state index contributed by atoms with van der Waals surface area (Å²) in [5.41, 5.74) is 2.35. The molecule has 3 aromatic rings. The molecule has 30 heavy (non-hydrogen) atoms. The number of carbonyl (C=O) groups is 2. The molecule has 0 aliphatic carbocycles. The molecule has 1 aliphatic rings. The lowest BCUT2D eigenvalue weighted by molar-refractivity contribution is 0.0923. The van der Waals surface area contributed by atoms with E-state index in [0.29, 0.717) is 31.1 Å². The molecule has 7 heteroatoms. The molecule has 1 fully saturated rings. The van der Waals surface area contributed by atoms with Crippen LogP contribution in [-0.2, 0) is 11.3 Å². The quantitative estimate of drug-likeness (QED) is 0.634. The second-order valence-electron chi connectivity index (χ2n) is 7.10. The number of carbonyl (C=O) groups excluding carboxylic acids is 2. The summed E-state index contributed by atoms with van der Waals surface area (Å²) in [7, 11) is 0. The highest BCUT2D eigenvalue weighted by Crippen LogP contribution is 2.23. The minimum Gasteiger partial charge on any atom is -0.451 e. The maximum atomic E-state index is 12.4. The molecule has 0 atom stereocenters. The van der Waals surface area contributed by atoms with E-state index < -0.39 is 0 Å². The summed E-state index contributed by atoms with van der Waals surface area (Å²) in [5.74, 6) is 1.44. The number of morpholine rings is 1. The number of ether oxygens (including phenoxy) is 1. The number of aromatic nitrogens is 1. The molecule has 0 bridgehead atoms. The van der Waals surface area contributed by atoms with Crippen LogP contribution in [0.4, 0.5) is 5.82 Å². The number of nitrogens with one attached hydrogen (secondary N) is 1. The van der Waals surface area contributed by atoms with Crippen molar-refractivity contribution >= 4 is 17.5 Å². The van der Waals surface area contributed by atoms with E-state index in [1.807, 2.05) is 12.1 Å². The first-order valence-corrected chi connectivity index (χ1v) is 9.87. The molecule has 0 unspecified atom stereocenters. The van der Waals surface area contributed by atoms with Gasteiger partial charge in [0.15, 0.2) is 11.5 Å². The highest BCUT2D eigenvalue weighted by molar-refractivity contribution is 5.94. The molecule has 1 aromatic carbocycles. The molecule has 1 amide bonds. The number of pyridine rings is 1. The monoisotopic (exact) mass is 405 g/mol. The minimum atomic E-state index is -0.293. The SMILES string of the molecule is CC(=O)c1ccc(-c2ccc(C(=O)NCc3ccc(N4CCOCC4)nc3)o2)cc1. The Bertz CT molecular complexity index is 1020. The Hall–Kier alpha value is -3.45. The van der Waals surface area contributed by atoms with Crippen LogP contribution >= 0.6 is 0 Å². The van der Waals surface area contributed by atoms with Crippen molar-refractivity contribution in [3.8, 4) is 11.3 Å². The fourth-order valence-electron chi connectivity index (χ4n) is 3.25. The number of rotatable bonds is 6. The van der Waals surface area contributed by atoms with E-state index in [1.54, 1.807) is 42.6 Å². The summed E-state index contributed by atoms with van der Waals surface area (Å²) < 4.78 is 11.0. The Morgan fingerprint density at radius 2 is 1.80 bits per heavy atom. The van der Waals surface area contributed by atoms with E-state index >= 15 is 0 Å². The van der Waals surface area contributed by atoms with Gasteiger partial charge in [-0.3, -0.25) is 9.59 Å². The summed E-state index contributed by atoms with van der Waals surface area (Å²) in [6.45, 7) is 4.98. The fourth-order valence-corrected chi connectivity index (χ4v) is 3.25. The molecule has 3 heterocycles. The van der Waals surface area contributed by atoms with Gasteiger partial charge in [-0.05, 0) is 30.7 Å². The number of amides is 1. The van der Waals surface area contributed by atoms with Crippen molar-refractivity contribution in [2.45, 2.75) is 13.5 Å². The molecule has 7 nitrogen and oxygen atoms in total. The Kier molecular flexibility index (Phi) is 5.90. The van der Waals surface area contributed by atoms with Crippen molar-refractivity contribution in [2.75, 3.05) is 31.2 Å². The lowest BCUT2D eigenvalue weighted by Crippen LogP contribution is -2.36. The van der Waals surface area contributed by atoms with E-state index in [0.717, 1.165) is 30.0 Å². The van der Waals surface area contributed by atoms with Crippen LogP contribution in [0.1, 0.15) is 33.4 Å². The van der Waals surface area contributed by atoms with Gasteiger partial charge in [-0.15, -0.1) is 0 Å². The molecular formula is C23H23N3O4. The molecular weight excluding hydrogens is 382 g/mol.